The lowest BCUT2D eigenvalue weighted by molar-refractivity contribution is 0.0982. The lowest BCUT2D eigenvalue weighted by Gasteiger charge is -1.97. The molecule has 0 aliphatic heterocycles. The molecule has 1 aromatic rings. The maximum Gasteiger partial charge on any atom is 0.162 e. The summed E-state index contributed by atoms with van der Waals surface area (Å²) in [6.45, 7) is 0. The fourth-order valence-corrected chi connectivity index (χ4v) is 1.28. The summed E-state index contributed by atoms with van der Waals surface area (Å²) < 4.78 is 0. The van der Waals surface area contributed by atoms with Crippen LogP contribution in [0.1, 0.15) is 23.2 Å². The predicted molar refractivity (Wildman–Crippen MR) is 53.8 cm³/mol. The average molecular weight is 227 g/mol. The molecule has 0 aromatic heterocycles. The highest BCUT2D eigenvalue weighted by Gasteiger charge is 2.02. The van der Waals surface area contributed by atoms with Gasteiger partial charge in [-0.15, -0.1) is 0 Å². The van der Waals surface area contributed by atoms with Crippen molar-refractivity contribution in [2.75, 3.05) is 5.33 Å². The van der Waals surface area contributed by atoms with Gasteiger partial charge in [0.1, 0.15) is 0 Å². The van der Waals surface area contributed by atoms with E-state index in [1.54, 1.807) is 0 Å². The molecule has 0 heterocycles. The van der Waals surface area contributed by atoms with Gasteiger partial charge in [0.2, 0.25) is 0 Å². The highest BCUT2D eigenvalue weighted by atomic mass is 79.9. The number of rotatable bonds is 4. The van der Waals surface area contributed by atoms with Crippen LogP contribution < -0.4 is 0 Å². The standard InChI is InChI=1S/C10H11BrO/c11-8-4-7-10(12)9-5-2-1-3-6-9/h1-3,5-6H,4,7-8H2. The summed E-state index contributed by atoms with van der Waals surface area (Å²) in [5.74, 6) is 0.232. The molecule has 0 aliphatic carbocycles. The van der Waals surface area contributed by atoms with Crippen molar-refractivity contribution < 1.29 is 4.79 Å². The molecule has 1 aromatic carbocycles. The van der Waals surface area contributed by atoms with Crippen molar-refractivity contribution in [3.63, 3.8) is 0 Å². The van der Waals surface area contributed by atoms with Gasteiger partial charge in [0.05, 0.1) is 0 Å². The van der Waals surface area contributed by atoms with Crippen LogP contribution in [-0.2, 0) is 0 Å². The first kappa shape index (κ1) is 9.46. The van der Waals surface area contributed by atoms with Crippen LogP contribution in [0.4, 0.5) is 0 Å². The lowest BCUT2D eigenvalue weighted by Crippen LogP contribution is -1.98. The molecule has 1 rings (SSSR count). The van der Waals surface area contributed by atoms with Crippen LogP contribution in [0, 0.1) is 0 Å². The summed E-state index contributed by atoms with van der Waals surface area (Å²) in [5.41, 5.74) is 0.818. The third kappa shape index (κ3) is 2.78. The number of halogens is 1. The van der Waals surface area contributed by atoms with E-state index in [0.29, 0.717) is 6.42 Å². The third-order valence-corrected chi connectivity index (χ3v) is 2.19. The Morgan fingerprint density at radius 3 is 2.50 bits per heavy atom. The van der Waals surface area contributed by atoms with E-state index in [0.717, 1.165) is 17.3 Å². The normalized spacial score (nSPS) is 9.75. The highest BCUT2D eigenvalue weighted by Crippen LogP contribution is 2.05. The molecule has 0 radical (unpaired) electrons. The maximum absolute atomic E-state index is 11.4. The van der Waals surface area contributed by atoms with E-state index in [-0.39, 0.29) is 5.78 Å². The molecule has 0 fully saturated rings. The van der Waals surface area contributed by atoms with Gasteiger partial charge in [0, 0.05) is 17.3 Å². The van der Waals surface area contributed by atoms with Crippen molar-refractivity contribution in [1.82, 2.24) is 0 Å². The van der Waals surface area contributed by atoms with Crippen LogP contribution in [0.25, 0.3) is 0 Å². The monoisotopic (exact) mass is 226 g/mol. The van der Waals surface area contributed by atoms with Gasteiger partial charge in [-0.2, -0.15) is 0 Å². The van der Waals surface area contributed by atoms with Gasteiger partial charge in [-0.05, 0) is 6.42 Å². The van der Waals surface area contributed by atoms with E-state index in [1.165, 1.54) is 0 Å². The zero-order valence-electron chi connectivity index (χ0n) is 6.79. The van der Waals surface area contributed by atoms with Crippen molar-refractivity contribution in [2.24, 2.45) is 0 Å². The fourth-order valence-electron chi connectivity index (χ4n) is 0.996. The molecule has 0 saturated heterocycles. The molecule has 0 amide bonds. The van der Waals surface area contributed by atoms with Crippen LogP contribution in [0.5, 0.6) is 0 Å². The molecule has 0 aliphatic rings. The minimum atomic E-state index is 0.232. The SMILES string of the molecule is O=C(CCCBr)c1ccccc1. The van der Waals surface area contributed by atoms with Crippen LogP contribution in [-0.4, -0.2) is 11.1 Å². The van der Waals surface area contributed by atoms with Crippen LogP contribution >= 0.6 is 15.9 Å². The zero-order chi connectivity index (χ0) is 8.81. The van der Waals surface area contributed by atoms with Gasteiger partial charge in [-0.1, -0.05) is 46.3 Å². The van der Waals surface area contributed by atoms with Crippen LogP contribution in [0.2, 0.25) is 0 Å². The van der Waals surface area contributed by atoms with Gasteiger partial charge in [-0.3, -0.25) is 4.79 Å². The third-order valence-electron chi connectivity index (χ3n) is 1.63. The second-order valence-electron chi connectivity index (χ2n) is 2.58. The molecule has 0 bridgehead atoms. The highest BCUT2D eigenvalue weighted by molar-refractivity contribution is 9.09. The molecule has 12 heavy (non-hydrogen) atoms. The molecule has 0 spiro atoms. The Morgan fingerprint density at radius 2 is 1.92 bits per heavy atom. The van der Waals surface area contributed by atoms with E-state index < -0.39 is 0 Å². The minimum absolute atomic E-state index is 0.232. The number of hydrogen-bond donors (Lipinski definition) is 0. The number of ketones is 1. The molecular weight excluding hydrogens is 216 g/mol. The second-order valence-corrected chi connectivity index (χ2v) is 3.37. The summed E-state index contributed by atoms with van der Waals surface area (Å²) in [6, 6.07) is 9.41. The Labute approximate surface area is 80.9 Å². The van der Waals surface area contributed by atoms with E-state index in [1.807, 2.05) is 30.3 Å². The van der Waals surface area contributed by atoms with E-state index in [4.69, 9.17) is 0 Å². The van der Waals surface area contributed by atoms with Crippen molar-refractivity contribution in [1.29, 1.82) is 0 Å². The zero-order valence-corrected chi connectivity index (χ0v) is 8.38. The van der Waals surface area contributed by atoms with Crippen LogP contribution in [0.15, 0.2) is 30.3 Å². The number of hydrogen-bond acceptors (Lipinski definition) is 1. The summed E-state index contributed by atoms with van der Waals surface area (Å²) >= 11 is 3.30. The minimum Gasteiger partial charge on any atom is -0.294 e. The Bertz CT molecular complexity index is 243. The summed E-state index contributed by atoms with van der Waals surface area (Å²) in [6.07, 6.45) is 1.54. The van der Waals surface area contributed by atoms with Crippen molar-refractivity contribution in [3.8, 4) is 0 Å². The van der Waals surface area contributed by atoms with E-state index in [9.17, 15) is 4.79 Å². The Hall–Kier alpha value is -0.630. The molecule has 0 unspecified atom stereocenters. The van der Waals surface area contributed by atoms with Gasteiger partial charge in [-0.25, -0.2) is 0 Å². The molecule has 2 heteroatoms. The molecular formula is C10H11BrO. The largest absolute Gasteiger partial charge is 0.294 e. The van der Waals surface area contributed by atoms with Crippen molar-refractivity contribution >= 4 is 21.7 Å². The second kappa shape index (κ2) is 5.09. The Kier molecular flexibility index (Phi) is 4.01. The Balaban J connectivity index is 2.54. The number of carbonyl (C=O) groups excluding carboxylic acids is 1. The molecule has 1 nitrogen and oxygen atoms in total. The number of carbonyl (C=O) groups is 1. The first-order chi connectivity index (χ1) is 5.84. The first-order valence-electron chi connectivity index (χ1n) is 3.99. The van der Waals surface area contributed by atoms with Crippen molar-refractivity contribution in [2.45, 2.75) is 12.8 Å². The molecule has 64 valence electrons. The lowest BCUT2D eigenvalue weighted by atomic mass is 10.1. The van der Waals surface area contributed by atoms with E-state index >= 15 is 0 Å². The van der Waals surface area contributed by atoms with Gasteiger partial charge < -0.3 is 0 Å². The topological polar surface area (TPSA) is 17.1 Å². The van der Waals surface area contributed by atoms with Crippen molar-refractivity contribution in [3.05, 3.63) is 35.9 Å². The molecule has 0 N–H and O–H groups in total. The summed E-state index contributed by atoms with van der Waals surface area (Å²) in [4.78, 5) is 11.4. The number of alkyl halides is 1. The number of Topliss-reactive ketones (excluding diaryl/α,β-unsaturated/α-hetero) is 1. The van der Waals surface area contributed by atoms with Gasteiger partial charge in [0.15, 0.2) is 5.78 Å². The quantitative estimate of drug-likeness (QED) is 0.570. The Morgan fingerprint density at radius 1 is 1.25 bits per heavy atom. The average Bonchev–Trinajstić information content (AvgIpc) is 2.15. The molecule has 0 atom stereocenters. The summed E-state index contributed by atoms with van der Waals surface area (Å²) in [7, 11) is 0. The fraction of sp³-hybridized carbons (Fsp3) is 0.300. The van der Waals surface area contributed by atoms with Gasteiger partial charge in [0.25, 0.3) is 0 Å². The molecule has 0 saturated carbocycles. The number of benzene rings is 1. The van der Waals surface area contributed by atoms with E-state index in [2.05, 4.69) is 15.9 Å². The maximum atomic E-state index is 11.4. The first-order valence-corrected chi connectivity index (χ1v) is 5.11. The van der Waals surface area contributed by atoms with Crippen LogP contribution in [0.3, 0.4) is 0 Å². The summed E-state index contributed by atoms with van der Waals surface area (Å²) in [5, 5.41) is 0.894. The van der Waals surface area contributed by atoms with Gasteiger partial charge >= 0.3 is 0 Å². The smallest absolute Gasteiger partial charge is 0.162 e. The predicted octanol–water partition coefficient (Wildman–Crippen LogP) is 3.04.